The van der Waals surface area contributed by atoms with Gasteiger partial charge in [0.2, 0.25) is 0 Å². The first-order valence-corrected chi connectivity index (χ1v) is 4.54. The minimum atomic E-state index is -0.773. The van der Waals surface area contributed by atoms with Gasteiger partial charge < -0.3 is 9.94 Å². The van der Waals surface area contributed by atoms with E-state index in [2.05, 4.69) is 21.3 Å². The number of halogens is 2. The monoisotopic (exact) mass is 263 g/mol. The lowest BCUT2D eigenvalue weighted by Gasteiger charge is -1.89. The van der Waals surface area contributed by atoms with Gasteiger partial charge in [-0.3, -0.25) is 0 Å². The molecule has 0 bridgehead atoms. The summed E-state index contributed by atoms with van der Waals surface area (Å²) in [5.41, 5.74) is -0.407. The Morgan fingerprint density at radius 1 is 1.59 bits per heavy atom. The fourth-order valence-electron chi connectivity index (χ4n) is 1.04. The first kappa shape index (κ1) is 15.2. The first-order chi connectivity index (χ1) is 7.56. The summed E-state index contributed by atoms with van der Waals surface area (Å²) in [5, 5.41) is 9.49. The Labute approximate surface area is 102 Å². The molecule has 2 aromatic heterocycles. The smallest absolute Gasteiger partial charge is 0.403 e. The fourth-order valence-corrected chi connectivity index (χ4v) is 1.04. The number of carbonyl (C=O) groups excluding carboxylic acids is 1. The van der Waals surface area contributed by atoms with Gasteiger partial charge in [0, 0.05) is 17.7 Å². The molecule has 0 aliphatic heterocycles. The predicted octanol–water partition coefficient (Wildman–Crippen LogP) is 2.46. The van der Waals surface area contributed by atoms with Crippen molar-refractivity contribution in [3.63, 3.8) is 0 Å². The van der Waals surface area contributed by atoms with Gasteiger partial charge in [-0.2, -0.15) is 0 Å². The number of carbonyl (C=O) groups is 1. The maximum absolute atomic E-state index is 12.9. The predicted molar refractivity (Wildman–Crippen MR) is 60.6 cm³/mol. The maximum Gasteiger partial charge on any atom is 0.403 e. The average molecular weight is 264 g/mol. The molecule has 0 atom stereocenters. The lowest BCUT2D eigenvalue weighted by Crippen LogP contribution is -2.30. The molecule has 0 amide bonds. The van der Waals surface area contributed by atoms with Crippen LogP contribution < -0.4 is 4.73 Å². The second kappa shape index (κ2) is 6.70. The van der Waals surface area contributed by atoms with E-state index in [9.17, 15) is 9.18 Å². The van der Waals surface area contributed by atoms with Gasteiger partial charge in [0.05, 0.1) is 13.3 Å². The van der Waals surface area contributed by atoms with Crippen LogP contribution in [0.5, 0.6) is 0 Å². The molecule has 0 saturated heterocycles. The molecular weight excluding hydrogens is 251 g/mol. The summed E-state index contributed by atoms with van der Waals surface area (Å²) < 4.78 is 17.6. The Morgan fingerprint density at radius 2 is 2.18 bits per heavy atom. The van der Waals surface area contributed by atoms with Crippen LogP contribution in [0.2, 0.25) is 0 Å². The van der Waals surface area contributed by atoms with Crippen molar-refractivity contribution in [2.24, 2.45) is 0 Å². The van der Waals surface area contributed by atoms with Crippen molar-refractivity contribution in [1.29, 1.82) is 0 Å². The third-order valence-electron chi connectivity index (χ3n) is 1.73. The van der Waals surface area contributed by atoms with Gasteiger partial charge >= 0.3 is 11.1 Å². The zero-order valence-electron chi connectivity index (χ0n) is 8.28. The van der Waals surface area contributed by atoms with Gasteiger partial charge in [0.25, 0.3) is 0 Å². The largest absolute Gasteiger partial charge is 0.457 e. The molecule has 94 valence electrons. The van der Waals surface area contributed by atoms with Crippen LogP contribution in [0.3, 0.4) is 0 Å². The quantitative estimate of drug-likeness (QED) is 0.436. The molecule has 2 N–H and O–H groups in total. The number of nitrogens with zero attached hydrogens (tertiary/aromatic N) is 1. The number of hydrogen-bond acceptors (Lipinski definition) is 3. The van der Waals surface area contributed by atoms with Gasteiger partial charge in [0.1, 0.15) is 17.4 Å². The van der Waals surface area contributed by atoms with Crippen LogP contribution in [0.1, 0.15) is 7.43 Å². The van der Waals surface area contributed by atoms with E-state index in [1.807, 2.05) is 0 Å². The summed E-state index contributed by atoms with van der Waals surface area (Å²) in [6.07, 6.45) is 2.81. The second-order valence-corrected chi connectivity index (χ2v) is 3.00. The van der Waals surface area contributed by atoms with Gasteiger partial charge in [-0.1, -0.05) is 12.2 Å². The van der Waals surface area contributed by atoms with E-state index in [1.54, 1.807) is 12.3 Å². The van der Waals surface area contributed by atoms with E-state index in [1.165, 1.54) is 19.4 Å². The highest BCUT2D eigenvalue weighted by molar-refractivity contribution is 6.61. The standard InChI is InChI=1S/C7H5FN2O.C2H3ClO2.CH4/c8-6-2-4-10(11)7-5(6)1-3-9-7;1-5-2(3)4;/h1-4,11H;1H3;1H4/p+1. The Bertz CT molecular complexity index is 465. The highest BCUT2D eigenvalue weighted by Crippen LogP contribution is 2.10. The van der Waals surface area contributed by atoms with Crippen LogP contribution in [0, 0.1) is 5.82 Å². The number of methoxy groups -OCH3 is 1. The molecule has 2 rings (SSSR count). The summed E-state index contributed by atoms with van der Waals surface area (Å²) in [6, 6.07) is 2.77. The number of nitrogens with one attached hydrogen (secondary N) is 1. The van der Waals surface area contributed by atoms with Crippen molar-refractivity contribution < 1.29 is 23.9 Å². The number of pyridine rings is 1. The van der Waals surface area contributed by atoms with Crippen LogP contribution in [-0.4, -0.2) is 22.7 Å². The van der Waals surface area contributed by atoms with Gasteiger partial charge in [0.15, 0.2) is 0 Å². The molecule has 5 nitrogen and oxygen atoms in total. The number of hydrogen-bond donors (Lipinski definition) is 2. The number of ether oxygens (including phenoxy) is 1. The SMILES string of the molecule is C.COC(=O)Cl.O[n+]1ccc(F)c2cc[nH]c21. The topological polar surface area (TPSA) is 66.2 Å². The molecule has 0 unspecified atom stereocenters. The zero-order chi connectivity index (χ0) is 12.1. The average Bonchev–Trinajstić information content (AvgIpc) is 2.74. The normalized spacial score (nSPS) is 8.88. The summed E-state index contributed by atoms with van der Waals surface area (Å²) in [6.45, 7) is 0. The van der Waals surface area contributed by atoms with E-state index in [0.717, 1.165) is 4.73 Å². The van der Waals surface area contributed by atoms with E-state index in [4.69, 9.17) is 5.21 Å². The van der Waals surface area contributed by atoms with Gasteiger partial charge in [-0.15, -0.1) is 0 Å². The minimum Gasteiger partial charge on any atom is -0.457 e. The zero-order valence-corrected chi connectivity index (χ0v) is 9.03. The van der Waals surface area contributed by atoms with Crippen LogP contribution in [0.25, 0.3) is 11.0 Å². The molecule has 0 aliphatic rings. The highest BCUT2D eigenvalue weighted by Gasteiger charge is 2.10. The fraction of sp³-hybridized carbons (Fsp3) is 0.200. The van der Waals surface area contributed by atoms with Crippen LogP contribution in [-0.2, 0) is 4.74 Å². The molecule has 0 aliphatic carbocycles. The second-order valence-electron chi connectivity index (χ2n) is 2.69. The number of H-pyrrole nitrogens is 1. The van der Waals surface area contributed by atoms with E-state index in [-0.39, 0.29) is 13.2 Å². The Morgan fingerprint density at radius 3 is 2.65 bits per heavy atom. The molecule has 7 heteroatoms. The molecule has 0 aromatic carbocycles. The lowest BCUT2D eigenvalue weighted by molar-refractivity contribution is -0.886. The molecule has 2 aromatic rings. The van der Waals surface area contributed by atoms with E-state index in [0.29, 0.717) is 11.0 Å². The Hall–Kier alpha value is -1.82. The third kappa shape index (κ3) is 3.92. The third-order valence-corrected chi connectivity index (χ3v) is 1.89. The van der Waals surface area contributed by atoms with Gasteiger partial charge in [-0.05, 0) is 6.07 Å². The number of rotatable bonds is 0. The Balaban J connectivity index is 0.000000373. The molecule has 0 spiro atoms. The van der Waals surface area contributed by atoms with Crippen LogP contribution >= 0.6 is 11.6 Å². The highest BCUT2D eigenvalue weighted by atomic mass is 35.5. The van der Waals surface area contributed by atoms with Crippen LogP contribution in [0.15, 0.2) is 24.5 Å². The molecule has 0 fully saturated rings. The number of aromatic amines is 1. The van der Waals surface area contributed by atoms with Crippen LogP contribution in [0.4, 0.5) is 9.18 Å². The molecule has 0 saturated carbocycles. The lowest BCUT2D eigenvalue weighted by atomic mass is 10.3. The summed E-state index contributed by atoms with van der Waals surface area (Å²) in [5.74, 6) is -0.341. The van der Waals surface area contributed by atoms with Crippen molar-refractivity contribution in [1.82, 2.24) is 4.98 Å². The Kier molecular flexibility index (Phi) is 5.98. The van der Waals surface area contributed by atoms with Crippen molar-refractivity contribution in [3.8, 4) is 0 Å². The molecule has 17 heavy (non-hydrogen) atoms. The van der Waals surface area contributed by atoms with E-state index < -0.39 is 5.43 Å². The number of aromatic nitrogens is 2. The molecule has 0 radical (unpaired) electrons. The summed E-state index contributed by atoms with van der Waals surface area (Å²) >= 11 is 4.60. The van der Waals surface area contributed by atoms with Crippen molar-refractivity contribution in [2.75, 3.05) is 7.11 Å². The summed E-state index contributed by atoms with van der Waals surface area (Å²) in [7, 11) is 1.22. The van der Waals surface area contributed by atoms with Crippen molar-refractivity contribution >= 4 is 28.1 Å². The van der Waals surface area contributed by atoms with E-state index >= 15 is 0 Å². The molecule has 2 heterocycles. The van der Waals surface area contributed by atoms with Gasteiger partial charge in [-0.25, -0.2) is 14.2 Å². The minimum absolute atomic E-state index is 0. The van der Waals surface area contributed by atoms with Crippen molar-refractivity contribution in [3.05, 3.63) is 30.3 Å². The summed E-state index contributed by atoms with van der Waals surface area (Å²) in [4.78, 5) is 12.1. The molecular formula is C10H13ClFN2O3+. The first-order valence-electron chi connectivity index (χ1n) is 4.16. The van der Waals surface area contributed by atoms with Crippen molar-refractivity contribution in [2.45, 2.75) is 7.43 Å². The maximum atomic E-state index is 12.9. The number of fused-ring (bicyclic) bond motifs is 1.